The predicted octanol–water partition coefficient (Wildman–Crippen LogP) is 2.74. The molecule has 72 valence electrons. The number of hydrogen-bond donors (Lipinski definition) is 1. The van der Waals surface area contributed by atoms with Crippen LogP contribution in [0.4, 0.5) is 13.2 Å². The van der Waals surface area contributed by atoms with Crippen molar-refractivity contribution in [1.82, 2.24) is 0 Å². The zero-order chi connectivity index (χ0) is 10.0. The summed E-state index contributed by atoms with van der Waals surface area (Å²) in [7, 11) is 0. The monoisotopic (exact) mass is 209 g/mol. The van der Waals surface area contributed by atoms with E-state index in [1.165, 1.54) is 0 Å². The molecule has 0 saturated heterocycles. The lowest BCUT2D eigenvalue weighted by Crippen LogP contribution is -2.19. The number of halogens is 4. The van der Waals surface area contributed by atoms with Crippen molar-refractivity contribution >= 4 is 11.6 Å². The van der Waals surface area contributed by atoms with Crippen molar-refractivity contribution in [1.29, 1.82) is 0 Å². The summed E-state index contributed by atoms with van der Waals surface area (Å²) >= 11 is 5.52. The van der Waals surface area contributed by atoms with Crippen LogP contribution in [-0.4, -0.2) is 6.43 Å². The molecule has 0 heterocycles. The maximum Gasteiger partial charge on any atom is 0.257 e. The van der Waals surface area contributed by atoms with E-state index in [1.807, 2.05) is 0 Å². The van der Waals surface area contributed by atoms with Crippen molar-refractivity contribution in [3.63, 3.8) is 0 Å². The zero-order valence-electron chi connectivity index (χ0n) is 6.48. The molecule has 0 bridgehead atoms. The van der Waals surface area contributed by atoms with Gasteiger partial charge in [0.15, 0.2) is 0 Å². The Bertz CT molecular complexity index is 303. The second kappa shape index (κ2) is 3.98. The van der Waals surface area contributed by atoms with E-state index in [-0.39, 0.29) is 10.6 Å². The first-order valence-corrected chi connectivity index (χ1v) is 3.89. The van der Waals surface area contributed by atoms with Crippen LogP contribution >= 0.6 is 11.6 Å². The molecule has 1 nitrogen and oxygen atoms in total. The van der Waals surface area contributed by atoms with Gasteiger partial charge in [0, 0.05) is 5.02 Å². The third kappa shape index (κ3) is 2.35. The SMILES string of the molecule is NC(c1ccc(F)cc1Cl)C(F)F. The number of alkyl halides is 2. The molecule has 0 radical (unpaired) electrons. The van der Waals surface area contributed by atoms with E-state index in [1.54, 1.807) is 0 Å². The molecule has 0 aliphatic rings. The Hall–Kier alpha value is -0.740. The molecule has 0 aromatic heterocycles. The van der Waals surface area contributed by atoms with Crippen LogP contribution < -0.4 is 5.73 Å². The summed E-state index contributed by atoms with van der Waals surface area (Å²) in [5.74, 6) is -0.574. The Kier molecular flexibility index (Phi) is 3.17. The Balaban J connectivity index is 3.01. The van der Waals surface area contributed by atoms with Crippen LogP contribution in [0.25, 0.3) is 0 Å². The van der Waals surface area contributed by atoms with Crippen LogP contribution in [0.5, 0.6) is 0 Å². The maximum atomic E-state index is 12.5. The van der Waals surface area contributed by atoms with Gasteiger partial charge in [-0.1, -0.05) is 17.7 Å². The molecule has 2 N–H and O–H groups in total. The van der Waals surface area contributed by atoms with Crippen LogP contribution in [0.3, 0.4) is 0 Å². The van der Waals surface area contributed by atoms with Gasteiger partial charge in [0.1, 0.15) is 5.82 Å². The largest absolute Gasteiger partial charge is 0.319 e. The van der Waals surface area contributed by atoms with Crippen molar-refractivity contribution in [3.05, 3.63) is 34.6 Å². The van der Waals surface area contributed by atoms with Crippen LogP contribution in [-0.2, 0) is 0 Å². The van der Waals surface area contributed by atoms with E-state index in [0.29, 0.717) is 0 Å². The van der Waals surface area contributed by atoms with Gasteiger partial charge in [-0.3, -0.25) is 0 Å². The van der Waals surface area contributed by atoms with E-state index < -0.39 is 18.3 Å². The number of benzene rings is 1. The summed E-state index contributed by atoms with van der Waals surface area (Å²) in [6, 6.07) is 1.70. The normalized spacial score (nSPS) is 13.4. The molecule has 1 rings (SSSR count). The Labute approximate surface area is 78.3 Å². The molecule has 0 aliphatic heterocycles. The molecule has 0 spiro atoms. The molecule has 1 atom stereocenters. The van der Waals surface area contributed by atoms with Gasteiger partial charge in [-0.25, -0.2) is 13.2 Å². The Morgan fingerprint density at radius 2 is 1.92 bits per heavy atom. The first-order valence-electron chi connectivity index (χ1n) is 3.51. The van der Waals surface area contributed by atoms with Gasteiger partial charge in [0.05, 0.1) is 6.04 Å². The molecule has 13 heavy (non-hydrogen) atoms. The zero-order valence-corrected chi connectivity index (χ0v) is 7.23. The van der Waals surface area contributed by atoms with E-state index in [4.69, 9.17) is 17.3 Å². The molecule has 0 fully saturated rings. The van der Waals surface area contributed by atoms with E-state index in [0.717, 1.165) is 18.2 Å². The van der Waals surface area contributed by atoms with Gasteiger partial charge < -0.3 is 5.73 Å². The Morgan fingerprint density at radius 1 is 1.31 bits per heavy atom. The number of nitrogens with two attached hydrogens (primary N) is 1. The van der Waals surface area contributed by atoms with Crippen molar-refractivity contribution in [2.45, 2.75) is 12.5 Å². The molecule has 1 aromatic carbocycles. The van der Waals surface area contributed by atoms with Crippen molar-refractivity contribution < 1.29 is 13.2 Å². The minimum atomic E-state index is -2.71. The van der Waals surface area contributed by atoms with Gasteiger partial charge in [-0.05, 0) is 17.7 Å². The average Bonchev–Trinajstić information content (AvgIpc) is 2.03. The third-order valence-electron chi connectivity index (χ3n) is 1.59. The highest BCUT2D eigenvalue weighted by Crippen LogP contribution is 2.26. The second-order valence-corrected chi connectivity index (χ2v) is 2.93. The number of rotatable bonds is 2. The van der Waals surface area contributed by atoms with Gasteiger partial charge in [-0.2, -0.15) is 0 Å². The summed E-state index contributed by atoms with van der Waals surface area (Å²) in [6.45, 7) is 0. The van der Waals surface area contributed by atoms with Gasteiger partial charge in [0.2, 0.25) is 0 Å². The quantitative estimate of drug-likeness (QED) is 0.796. The lowest BCUT2D eigenvalue weighted by molar-refractivity contribution is 0.116. The highest BCUT2D eigenvalue weighted by atomic mass is 35.5. The van der Waals surface area contributed by atoms with E-state index in [9.17, 15) is 13.2 Å². The minimum Gasteiger partial charge on any atom is -0.319 e. The molecule has 1 unspecified atom stereocenters. The fraction of sp³-hybridized carbons (Fsp3) is 0.250. The maximum absolute atomic E-state index is 12.5. The van der Waals surface area contributed by atoms with Crippen molar-refractivity contribution in [2.75, 3.05) is 0 Å². The van der Waals surface area contributed by atoms with Crippen LogP contribution in [0.1, 0.15) is 11.6 Å². The molecule has 0 saturated carbocycles. The van der Waals surface area contributed by atoms with E-state index >= 15 is 0 Å². The molecular formula is C8H7ClF3N. The summed E-state index contributed by atoms with van der Waals surface area (Å²) in [5, 5.41) is -0.0761. The van der Waals surface area contributed by atoms with Crippen molar-refractivity contribution in [2.24, 2.45) is 5.73 Å². The Morgan fingerprint density at radius 3 is 2.38 bits per heavy atom. The molecule has 5 heteroatoms. The minimum absolute atomic E-state index is 0.0538. The van der Waals surface area contributed by atoms with Gasteiger partial charge >= 0.3 is 0 Å². The van der Waals surface area contributed by atoms with Crippen molar-refractivity contribution in [3.8, 4) is 0 Å². The van der Waals surface area contributed by atoms with Gasteiger partial charge in [-0.15, -0.1) is 0 Å². The first kappa shape index (κ1) is 10.3. The van der Waals surface area contributed by atoms with Gasteiger partial charge in [0.25, 0.3) is 6.43 Å². The smallest absolute Gasteiger partial charge is 0.257 e. The fourth-order valence-corrected chi connectivity index (χ4v) is 1.20. The highest BCUT2D eigenvalue weighted by Gasteiger charge is 2.19. The topological polar surface area (TPSA) is 26.0 Å². The fourth-order valence-electron chi connectivity index (χ4n) is 0.908. The van der Waals surface area contributed by atoms with E-state index in [2.05, 4.69) is 0 Å². The van der Waals surface area contributed by atoms with Crippen LogP contribution in [0.15, 0.2) is 18.2 Å². The predicted molar refractivity (Wildman–Crippen MR) is 44.3 cm³/mol. The third-order valence-corrected chi connectivity index (χ3v) is 1.92. The van der Waals surface area contributed by atoms with Crippen LogP contribution in [0.2, 0.25) is 5.02 Å². The first-order chi connectivity index (χ1) is 6.02. The summed E-state index contributed by atoms with van der Waals surface area (Å²) in [6.07, 6.45) is -2.71. The standard InChI is InChI=1S/C8H7ClF3N/c9-6-3-4(10)1-2-5(6)7(13)8(11)12/h1-3,7-8H,13H2. The summed E-state index contributed by atoms with van der Waals surface area (Å²) in [4.78, 5) is 0. The number of hydrogen-bond acceptors (Lipinski definition) is 1. The average molecular weight is 210 g/mol. The molecule has 0 aliphatic carbocycles. The van der Waals surface area contributed by atoms with Crippen LogP contribution in [0, 0.1) is 5.82 Å². The highest BCUT2D eigenvalue weighted by molar-refractivity contribution is 6.31. The lowest BCUT2D eigenvalue weighted by Gasteiger charge is -2.11. The molecule has 1 aromatic rings. The molecule has 0 amide bonds. The summed E-state index contributed by atoms with van der Waals surface area (Å²) < 4.78 is 36.7. The lowest BCUT2D eigenvalue weighted by atomic mass is 10.1. The summed E-state index contributed by atoms with van der Waals surface area (Å²) in [5.41, 5.74) is 5.19. The molecular weight excluding hydrogens is 203 g/mol. The second-order valence-electron chi connectivity index (χ2n) is 2.53.